The fraction of sp³-hybridized carbons (Fsp3) is 0.381. The number of piperidine rings is 1. The molecule has 0 atom stereocenters. The lowest BCUT2D eigenvalue weighted by atomic mass is 9.74. The standard InChI is InChI=1S/C21H23ClN2O3S/c1-3-24-19-7-5-4-6-17(19)21(20(24)25)10-12-23(13-11-21)28(26,27)16-9-8-15(2)18(22)14-16/h4-9,14H,3,10-13H2,1-2H3. The van der Waals surface area contributed by atoms with Crippen molar-refractivity contribution >= 4 is 33.2 Å². The minimum absolute atomic E-state index is 0.0895. The van der Waals surface area contributed by atoms with Crippen LogP contribution in [0.5, 0.6) is 0 Å². The molecule has 0 aromatic heterocycles. The van der Waals surface area contributed by atoms with Crippen LogP contribution < -0.4 is 4.90 Å². The number of carbonyl (C=O) groups is 1. The second kappa shape index (κ2) is 6.87. The van der Waals surface area contributed by atoms with Gasteiger partial charge >= 0.3 is 0 Å². The summed E-state index contributed by atoms with van der Waals surface area (Å²) in [4.78, 5) is 15.2. The number of nitrogens with zero attached hydrogens (tertiary/aromatic N) is 2. The van der Waals surface area contributed by atoms with E-state index in [1.165, 1.54) is 10.4 Å². The Labute approximate surface area is 171 Å². The van der Waals surface area contributed by atoms with Crippen molar-refractivity contribution in [2.75, 3.05) is 24.5 Å². The summed E-state index contributed by atoms with van der Waals surface area (Å²) < 4.78 is 27.6. The second-order valence-electron chi connectivity index (χ2n) is 7.46. The molecular formula is C21H23ClN2O3S. The maximum atomic E-state index is 13.2. The van der Waals surface area contributed by atoms with Gasteiger partial charge in [-0.15, -0.1) is 0 Å². The Hall–Kier alpha value is -1.89. The van der Waals surface area contributed by atoms with Gasteiger partial charge in [0.2, 0.25) is 15.9 Å². The van der Waals surface area contributed by atoms with Gasteiger partial charge in [-0.1, -0.05) is 35.9 Å². The Morgan fingerprint density at radius 2 is 1.79 bits per heavy atom. The van der Waals surface area contributed by atoms with Gasteiger partial charge in [0.05, 0.1) is 10.3 Å². The summed E-state index contributed by atoms with van der Waals surface area (Å²) >= 11 is 6.13. The smallest absolute Gasteiger partial charge is 0.243 e. The van der Waals surface area contributed by atoms with E-state index in [2.05, 4.69) is 0 Å². The van der Waals surface area contributed by atoms with Crippen LogP contribution in [-0.2, 0) is 20.2 Å². The van der Waals surface area contributed by atoms with Gasteiger partial charge in [0, 0.05) is 30.3 Å². The van der Waals surface area contributed by atoms with Crippen molar-refractivity contribution in [2.24, 2.45) is 0 Å². The lowest BCUT2D eigenvalue weighted by molar-refractivity contribution is -0.124. The molecule has 148 valence electrons. The maximum absolute atomic E-state index is 13.2. The van der Waals surface area contributed by atoms with Crippen LogP contribution in [0.25, 0.3) is 0 Å². The molecule has 2 aromatic rings. The monoisotopic (exact) mass is 418 g/mol. The maximum Gasteiger partial charge on any atom is 0.243 e. The van der Waals surface area contributed by atoms with E-state index in [1.807, 2.05) is 43.0 Å². The van der Waals surface area contributed by atoms with E-state index in [9.17, 15) is 13.2 Å². The van der Waals surface area contributed by atoms with Gasteiger partial charge in [-0.2, -0.15) is 4.31 Å². The molecule has 0 unspecified atom stereocenters. The SMILES string of the molecule is CCN1C(=O)C2(CCN(S(=O)(=O)c3ccc(C)c(Cl)c3)CC2)c2ccccc21. The van der Waals surface area contributed by atoms with Gasteiger partial charge in [0.15, 0.2) is 0 Å². The number of likely N-dealkylation sites (N-methyl/N-ethyl adjacent to an activating group) is 1. The molecule has 0 saturated carbocycles. The number of aryl methyl sites for hydroxylation is 1. The number of para-hydroxylation sites is 1. The lowest BCUT2D eigenvalue weighted by Crippen LogP contribution is -2.50. The van der Waals surface area contributed by atoms with Crippen molar-refractivity contribution in [1.29, 1.82) is 0 Å². The van der Waals surface area contributed by atoms with Crippen molar-refractivity contribution in [1.82, 2.24) is 4.31 Å². The van der Waals surface area contributed by atoms with Crippen LogP contribution >= 0.6 is 11.6 Å². The number of sulfonamides is 1. The van der Waals surface area contributed by atoms with Gasteiger partial charge in [-0.05, 0) is 56.0 Å². The minimum atomic E-state index is -3.64. The topological polar surface area (TPSA) is 57.7 Å². The van der Waals surface area contributed by atoms with E-state index in [0.29, 0.717) is 37.5 Å². The molecule has 5 nitrogen and oxygen atoms in total. The molecule has 1 amide bonds. The molecule has 28 heavy (non-hydrogen) atoms. The van der Waals surface area contributed by atoms with Crippen molar-refractivity contribution in [3.8, 4) is 0 Å². The highest BCUT2D eigenvalue weighted by molar-refractivity contribution is 7.89. The minimum Gasteiger partial charge on any atom is -0.312 e. The molecule has 1 fully saturated rings. The van der Waals surface area contributed by atoms with Crippen LogP contribution in [0.1, 0.15) is 30.9 Å². The molecule has 2 aliphatic heterocycles. The third-order valence-electron chi connectivity index (χ3n) is 6.04. The molecular weight excluding hydrogens is 396 g/mol. The quantitative estimate of drug-likeness (QED) is 0.762. The second-order valence-corrected chi connectivity index (χ2v) is 9.81. The molecule has 0 aliphatic carbocycles. The predicted octanol–water partition coefficient (Wildman–Crippen LogP) is 3.74. The summed E-state index contributed by atoms with van der Waals surface area (Å²) in [5.74, 6) is 0.0895. The van der Waals surface area contributed by atoms with Crippen LogP contribution in [0.15, 0.2) is 47.4 Å². The molecule has 1 spiro atoms. The molecule has 0 bridgehead atoms. The highest BCUT2D eigenvalue weighted by Crippen LogP contribution is 2.48. The van der Waals surface area contributed by atoms with Crippen molar-refractivity contribution in [3.05, 3.63) is 58.6 Å². The number of rotatable bonds is 3. The molecule has 1 saturated heterocycles. The van der Waals surface area contributed by atoms with Gasteiger partial charge in [-0.3, -0.25) is 4.79 Å². The van der Waals surface area contributed by atoms with Crippen LogP contribution in [-0.4, -0.2) is 38.3 Å². The fourth-order valence-electron chi connectivity index (χ4n) is 4.39. The highest BCUT2D eigenvalue weighted by Gasteiger charge is 2.52. The van der Waals surface area contributed by atoms with E-state index in [4.69, 9.17) is 11.6 Å². The molecule has 4 rings (SSSR count). The Morgan fingerprint density at radius 3 is 2.43 bits per heavy atom. The van der Waals surface area contributed by atoms with E-state index in [-0.39, 0.29) is 10.8 Å². The first-order valence-electron chi connectivity index (χ1n) is 9.49. The first-order chi connectivity index (χ1) is 13.3. The van der Waals surface area contributed by atoms with Crippen LogP contribution in [0.2, 0.25) is 5.02 Å². The third kappa shape index (κ3) is 2.78. The van der Waals surface area contributed by atoms with E-state index < -0.39 is 15.4 Å². The Kier molecular flexibility index (Phi) is 4.76. The summed E-state index contributed by atoms with van der Waals surface area (Å²) in [5, 5.41) is 0.438. The van der Waals surface area contributed by atoms with Crippen LogP contribution in [0, 0.1) is 6.92 Å². The van der Waals surface area contributed by atoms with Crippen molar-refractivity contribution < 1.29 is 13.2 Å². The summed E-state index contributed by atoms with van der Waals surface area (Å²) in [6.45, 7) is 5.04. The number of benzene rings is 2. The molecule has 2 aliphatic rings. The zero-order valence-electron chi connectivity index (χ0n) is 16.0. The molecule has 2 aromatic carbocycles. The zero-order chi connectivity index (χ0) is 20.1. The molecule has 2 heterocycles. The first-order valence-corrected chi connectivity index (χ1v) is 11.3. The number of carbonyl (C=O) groups excluding carboxylic acids is 1. The number of hydrogen-bond donors (Lipinski definition) is 0. The number of hydrogen-bond acceptors (Lipinski definition) is 3. The molecule has 0 radical (unpaired) electrons. The summed E-state index contributed by atoms with van der Waals surface area (Å²) in [5.41, 5.74) is 2.20. The van der Waals surface area contributed by atoms with E-state index >= 15 is 0 Å². The van der Waals surface area contributed by atoms with Crippen molar-refractivity contribution in [3.63, 3.8) is 0 Å². The number of fused-ring (bicyclic) bond motifs is 2. The zero-order valence-corrected chi connectivity index (χ0v) is 17.6. The predicted molar refractivity (Wildman–Crippen MR) is 110 cm³/mol. The van der Waals surface area contributed by atoms with Gasteiger partial charge < -0.3 is 4.90 Å². The Balaban J connectivity index is 1.63. The average Bonchev–Trinajstić information content (AvgIpc) is 2.92. The summed E-state index contributed by atoms with van der Waals surface area (Å²) in [7, 11) is -3.64. The number of halogens is 1. The van der Waals surface area contributed by atoms with Crippen LogP contribution in [0.3, 0.4) is 0 Å². The highest BCUT2D eigenvalue weighted by atomic mass is 35.5. The Bertz CT molecular complexity index is 1040. The fourth-order valence-corrected chi connectivity index (χ4v) is 6.10. The Morgan fingerprint density at radius 1 is 1.11 bits per heavy atom. The number of amides is 1. The molecule has 0 N–H and O–H groups in total. The van der Waals surface area contributed by atoms with Crippen molar-refractivity contribution in [2.45, 2.75) is 37.0 Å². The normalized spacial score (nSPS) is 19.2. The van der Waals surface area contributed by atoms with Crippen LogP contribution in [0.4, 0.5) is 5.69 Å². The lowest BCUT2D eigenvalue weighted by Gasteiger charge is -2.37. The first kappa shape index (κ1) is 19.4. The third-order valence-corrected chi connectivity index (χ3v) is 8.34. The number of anilines is 1. The summed E-state index contributed by atoms with van der Waals surface area (Å²) in [6, 6.07) is 12.7. The van der Waals surface area contributed by atoms with Gasteiger partial charge in [0.1, 0.15) is 0 Å². The largest absolute Gasteiger partial charge is 0.312 e. The van der Waals surface area contributed by atoms with E-state index in [0.717, 1.165) is 16.8 Å². The average molecular weight is 419 g/mol. The summed E-state index contributed by atoms with van der Waals surface area (Å²) in [6.07, 6.45) is 0.969. The van der Waals surface area contributed by atoms with Gasteiger partial charge in [0.25, 0.3) is 0 Å². The van der Waals surface area contributed by atoms with Gasteiger partial charge in [-0.25, -0.2) is 8.42 Å². The molecule has 7 heteroatoms. The van der Waals surface area contributed by atoms with E-state index in [1.54, 1.807) is 12.1 Å².